The summed E-state index contributed by atoms with van der Waals surface area (Å²) in [5.74, 6) is -2.31. The normalized spacial score (nSPS) is 14.1. The average Bonchev–Trinajstić information content (AvgIpc) is 3.52. The van der Waals surface area contributed by atoms with Crippen LogP contribution in [0.1, 0.15) is 69.6 Å². The highest BCUT2D eigenvalue weighted by Gasteiger charge is 2.40. The third kappa shape index (κ3) is 6.49. The molecule has 0 spiro atoms. The van der Waals surface area contributed by atoms with E-state index in [1.807, 2.05) is 0 Å². The molecule has 37 heavy (non-hydrogen) atoms. The number of nitrogens with zero attached hydrogens (tertiary/aromatic N) is 2. The number of carbonyl (C=O) groups is 2. The van der Waals surface area contributed by atoms with Gasteiger partial charge in [0.25, 0.3) is 5.91 Å². The van der Waals surface area contributed by atoms with Crippen LogP contribution in [0.3, 0.4) is 0 Å². The van der Waals surface area contributed by atoms with Crippen molar-refractivity contribution in [1.29, 1.82) is 0 Å². The fourth-order valence-electron chi connectivity index (χ4n) is 4.50. The van der Waals surface area contributed by atoms with Gasteiger partial charge in [0, 0.05) is 26.2 Å². The molecule has 0 aliphatic heterocycles. The van der Waals surface area contributed by atoms with Crippen molar-refractivity contribution in [2.45, 2.75) is 51.4 Å². The van der Waals surface area contributed by atoms with Gasteiger partial charge in [-0.05, 0) is 29.2 Å². The molecule has 1 aliphatic carbocycles. The zero-order valence-corrected chi connectivity index (χ0v) is 20.3. The lowest BCUT2D eigenvalue weighted by Crippen LogP contribution is -2.23. The van der Waals surface area contributed by atoms with Crippen molar-refractivity contribution < 1.29 is 32.6 Å². The number of alkyl halides is 3. The second-order valence-electron chi connectivity index (χ2n) is 9.32. The summed E-state index contributed by atoms with van der Waals surface area (Å²) in [6.45, 7) is 0.0669. The quantitative estimate of drug-likeness (QED) is 0.372. The van der Waals surface area contributed by atoms with E-state index in [1.54, 1.807) is 42.1 Å². The van der Waals surface area contributed by atoms with Crippen molar-refractivity contribution in [3.8, 4) is 11.5 Å². The third-order valence-corrected chi connectivity index (χ3v) is 6.48. The first-order valence-electron chi connectivity index (χ1n) is 12.0. The van der Waals surface area contributed by atoms with Crippen molar-refractivity contribution in [2.24, 2.45) is 13.0 Å². The molecule has 1 aliphatic rings. The van der Waals surface area contributed by atoms with Crippen LogP contribution in [0.25, 0.3) is 0 Å². The van der Waals surface area contributed by atoms with Crippen LogP contribution in [0.5, 0.6) is 11.5 Å². The van der Waals surface area contributed by atoms with Gasteiger partial charge in [0.15, 0.2) is 5.78 Å². The number of amides is 1. The third-order valence-electron chi connectivity index (χ3n) is 6.48. The number of Topliss-reactive ketones (excluding diaryl/α,β-unsaturated/α-hetero) is 1. The molecular formula is C27H28F3N3O4. The molecule has 7 nitrogen and oxygen atoms in total. The van der Waals surface area contributed by atoms with Gasteiger partial charge >= 0.3 is 6.18 Å². The molecule has 196 valence electrons. The summed E-state index contributed by atoms with van der Waals surface area (Å²) in [6.07, 6.45) is 2.09. The van der Waals surface area contributed by atoms with E-state index in [-0.39, 0.29) is 37.0 Å². The van der Waals surface area contributed by atoms with Gasteiger partial charge in [0.2, 0.25) is 0 Å². The zero-order valence-electron chi connectivity index (χ0n) is 20.3. The maximum Gasteiger partial charge on any atom is 0.423 e. The number of benzene rings is 2. The van der Waals surface area contributed by atoms with Gasteiger partial charge in [-0.3, -0.25) is 9.59 Å². The molecule has 2 N–H and O–H groups in total. The van der Waals surface area contributed by atoms with Crippen molar-refractivity contribution in [2.75, 3.05) is 0 Å². The van der Waals surface area contributed by atoms with Crippen LogP contribution in [0.2, 0.25) is 0 Å². The number of ether oxygens (including phenoxy) is 1. The minimum atomic E-state index is -4.90. The van der Waals surface area contributed by atoms with Crippen LogP contribution in [-0.2, 0) is 26.4 Å². The monoisotopic (exact) mass is 515 g/mol. The van der Waals surface area contributed by atoms with E-state index in [0.717, 1.165) is 37.3 Å². The molecule has 1 heterocycles. The molecule has 0 saturated heterocycles. The van der Waals surface area contributed by atoms with E-state index < -0.39 is 29.0 Å². The van der Waals surface area contributed by atoms with Crippen LogP contribution in [0, 0.1) is 5.92 Å². The number of aryl methyl sites for hydroxylation is 1. The Morgan fingerprint density at radius 3 is 2.41 bits per heavy atom. The molecule has 0 radical (unpaired) electrons. The highest BCUT2D eigenvalue weighted by molar-refractivity contribution is 5.99. The Labute approximate surface area is 212 Å². The van der Waals surface area contributed by atoms with Gasteiger partial charge < -0.3 is 19.7 Å². The topological polar surface area (TPSA) is 93.5 Å². The molecule has 1 saturated carbocycles. The van der Waals surface area contributed by atoms with E-state index in [9.17, 15) is 27.9 Å². The van der Waals surface area contributed by atoms with E-state index in [1.165, 1.54) is 12.4 Å². The summed E-state index contributed by atoms with van der Waals surface area (Å²) >= 11 is 0. The summed E-state index contributed by atoms with van der Waals surface area (Å²) in [5.41, 5.74) is -0.00890. The van der Waals surface area contributed by atoms with Gasteiger partial charge in [0.05, 0.1) is 11.9 Å². The SMILES string of the molecule is Cn1cnc(C(=O)NCc2ccc(COc3ccc(C(=O)CC4CCCC4)c(O)c3C(F)(F)F)cc2)c1. The Kier molecular flexibility index (Phi) is 7.85. The number of hydrogen-bond donors (Lipinski definition) is 2. The summed E-state index contributed by atoms with van der Waals surface area (Å²) < 4.78 is 48.5. The molecule has 0 atom stereocenters. The first kappa shape index (κ1) is 26.2. The minimum Gasteiger partial charge on any atom is -0.506 e. The summed E-state index contributed by atoms with van der Waals surface area (Å²) in [5, 5.41) is 13.2. The average molecular weight is 516 g/mol. The molecule has 1 amide bonds. The van der Waals surface area contributed by atoms with Crippen molar-refractivity contribution >= 4 is 11.7 Å². The van der Waals surface area contributed by atoms with Crippen molar-refractivity contribution in [3.63, 3.8) is 0 Å². The molecule has 0 bridgehead atoms. The largest absolute Gasteiger partial charge is 0.506 e. The standard InChI is InChI=1S/C27H28F3N3O4/c1-33-14-21(32-16-33)26(36)31-13-18-6-8-19(9-7-18)15-37-23-11-10-20(25(35)24(23)27(28,29)30)22(34)12-17-4-2-3-5-17/h6-11,14,16-17,35H,2-5,12-13,15H2,1H3,(H,31,36). The second kappa shape index (κ2) is 11.1. The number of phenols is 1. The van der Waals surface area contributed by atoms with E-state index in [2.05, 4.69) is 10.3 Å². The molecule has 1 aromatic heterocycles. The number of phenolic OH excluding ortho intramolecular Hbond substituents is 1. The summed E-state index contributed by atoms with van der Waals surface area (Å²) in [7, 11) is 1.76. The fraction of sp³-hybridized carbons (Fsp3) is 0.370. The van der Waals surface area contributed by atoms with Crippen LogP contribution in [0.15, 0.2) is 48.9 Å². The van der Waals surface area contributed by atoms with E-state index in [4.69, 9.17) is 4.74 Å². The molecule has 1 fully saturated rings. The Morgan fingerprint density at radius 1 is 1.11 bits per heavy atom. The van der Waals surface area contributed by atoms with E-state index in [0.29, 0.717) is 11.3 Å². The van der Waals surface area contributed by atoms with Crippen molar-refractivity contribution in [1.82, 2.24) is 14.9 Å². The number of hydrogen-bond acceptors (Lipinski definition) is 5. The number of carbonyl (C=O) groups excluding carboxylic acids is 2. The number of imidazole rings is 1. The first-order valence-corrected chi connectivity index (χ1v) is 12.0. The predicted molar refractivity (Wildman–Crippen MR) is 129 cm³/mol. The Balaban J connectivity index is 1.40. The summed E-state index contributed by atoms with van der Waals surface area (Å²) in [6, 6.07) is 9.09. The smallest absolute Gasteiger partial charge is 0.423 e. The maximum atomic E-state index is 13.8. The highest BCUT2D eigenvalue weighted by Crippen LogP contribution is 2.44. The van der Waals surface area contributed by atoms with Gasteiger partial charge in [-0.15, -0.1) is 0 Å². The Bertz CT molecular complexity index is 1260. The number of halogens is 3. The number of nitrogens with one attached hydrogen (secondary N) is 1. The zero-order chi connectivity index (χ0) is 26.6. The predicted octanol–water partition coefficient (Wildman–Crippen LogP) is 5.42. The number of rotatable bonds is 9. The van der Waals surface area contributed by atoms with Gasteiger partial charge in [-0.1, -0.05) is 49.9 Å². The Morgan fingerprint density at radius 2 is 1.78 bits per heavy atom. The molecule has 0 unspecified atom stereocenters. The second-order valence-corrected chi connectivity index (χ2v) is 9.32. The first-order chi connectivity index (χ1) is 17.6. The molecule has 3 aromatic rings. The van der Waals surface area contributed by atoms with Crippen LogP contribution < -0.4 is 10.1 Å². The summed E-state index contributed by atoms with van der Waals surface area (Å²) in [4.78, 5) is 28.7. The van der Waals surface area contributed by atoms with Crippen LogP contribution >= 0.6 is 0 Å². The number of aromatic nitrogens is 2. The molecule has 4 rings (SSSR count). The van der Waals surface area contributed by atoms with Gasteiger partial charge in [-0.25, -0.2) is 4.98 Å². The lowest BCUT2D eigenvalue weighted by Gasteiger charge is -2.18. The van der Waals surface area contributed by atoms with Gasteiger partial charge in [0.1, 0.15) is 29.4 Å². The van der Waals surface area contributed by atoms with Crippen molar-refractivity contribution in [3.05, 3.63) is 76.9 Å². The number of ketones is 1. The lowest BCUT2D eigenvalue weighted by molar-refractivity contribution is -0.140. The molecule has 2 aromatic carbocycles. The molecular weight excluding hydrogens is 487 g/mol. The Hall–Kier alpha value is -3.82. The maximum absolute atomic E-state index is 13.8. The van der Waals surface area contributed by atoms with E-state index >= 15 is 0 Å². The fourth-order valence-corrected chi connectivity index (χ4v) is 4.50. The molecule has 10 heteroatoms. The number of aromatic hydroxyl groups is 1. The van der Waals surface area contributed by atoms with Gasteiger partial charge in [-0.2, -0.15) is 13.2 Å². The van der Waals surface area contributed by atoms with Crippen LogP contribution in [0.4, 0.5) is 13.2 Å². The van der Waals surface area contributed by atoms with Crippen LogP contribution in [-0.4, -0.2) is 26.3 Å². The minimum absolute atomic E-state index is 0.125. The lowest BCUT2D eigenvalue weighted by atomic mass is 9.95. The highest BCUT2D eigenvalue weighted by atomic mass is 19.4.